The molecule has 2 heterocycles. The number of aromatic nitrogens is 3. The number of anilines is 2. The van der Waals surface area contributed by atoms with Crippen LogP contribution in [0.3, 0.4) is 0 Å². The summed E-state index contributed by atoms with van der Waals surface area (Å²) in [6, 6.07) is 35.5. The van der Waals surface area contributed by atoms with E-state index in [0.717, 1.165) is 59.3 Å². The molecule has 1 saturated heterocycles. The van der Waals surface area contributed by atoms with Gasteiger partial charge in [0.25, 0.3) is 0 Å². The monoisotopic (exact) mass is 528 g/mol. The second-order valence-electron chi connectivity index (χ2n) is 10.8. The average molecular weight is 529 g/mol. The second-order valence-corrected chi connectivity index (χ2v) is 10.8. The standard InChI is InChI=1S/C34H36N6/c1-26(24-38-21-19-28(20-22-38)23-27-9-3-2-4-10-27)39(33-13-7-5-11-31(33)35)25-29-15-17-30(18-16-29)40-34-14-8-6-12-32(34)36-37-40/h2-18,28H,1,19-25,35H2. The Bertz CT molecular complexity index is 1570. The van der Waals surface area contributed by atoms with E-state index < -0.39 is 0 Å². The summed E-state index contributed by atoms with van der Waals surface area (Å²) < 4.78 is 1.88. The predicted molar refractivity (Wildman–Crippen MR) is 164 cm³/mol. The van der Waals surface area contributed by atoms with Crippen LogP contribution in [0.15, 0.2) is 115 Å². The first-order valence-corrected chi connectivity index (χ1v) is 14.1. The SMILES string of the molecule is C=C(CN1CCC(Cc2ccccc2)CC1)N(Cc1ccc(-n2nnc3ccccc32)cc1)c1ccccc1N. The maximum atomic E-state index is 6.46. The van der Waals surface area contributed by atoms with Crippen molar-refractivity contribution in [2.24, 2.45) is 5.92 Å². The molecular formula is C34H36N6. The Morgan fingerprint density at radius 3 is 2.30 bits per heavy atom. The number of piperidine rings is 1. The van der Waals surface area contributed by atoms with Crippen molar-refractivity contribution < 1.29 is 0 Å². The van der Waals surface area contributed by atoms with Crippen molar-refractivity contribution in [2.45, 2.75) is 25.8 Å². The number of hydrogen-bond donors (Lipinski definition) is 1. The van der Waals surface area contributed by atoms with Gasteiger partial charge < -0.3 is 10.6 Å². The molecule has 1 aliphatic rings. The van der Waals surface area contributed by atoms with Crippen molar-refractivity contribution in [3.8, 4) is 5.69 Å². The molecule has 6 rings (SSSR count). The van der Waals surface area contributed by atoms with E-state index in [1.807, 2.05) is 47.1 Å². The summed E-state index contributed by atoms with van der Waals surface area (Å²) in [5.41, 5.74) is 14.8. The Hall–Kier alpha value is -4.42. The molecule has 0 radical (unpaired) electrons. The van der Waals surface area contributed by atoms with Crippen LogP contribution >= 0.6 is 0 Å². The number of nitrogens with two attached hydrogens (primary N) is 1. The molecule has 5 aromatic rings. The second kappa shape index (κ2) is 11.8. The molecule has 0 unspecified atom stereocenters. The van der Waals surface area contributed by atoms with Gasteiger partial charge in [0, 0.05) is 18.8 Å². The third-order valence-corrected chi connectivity index (χ3v) is 7.96. The number of benzene rings is 4. The maximum Gasteiger partial charge on any atom is 0.113 e. The van der Waals surface area contributed by atoms with Gasteiger partial charge in [0.1, 0.15) is 5.52 Å². The summed E-state index contributed by atoms with van der Waals surface area (Å²) >= 11 is 0. The summed E-state index contributed by atoms with van der Waals surface area (Å²) in [5.74, 6) is 0.744. The molecule has 4 aromatic carbocycles. The molecule has 0 atom stereocenters. The molecule has 1 fully saturated rings. The maximum absolute atomic E-state index is 6.46. The highest BCUT2D eigenvalue weighted by atomic mass is 15.4. The van der Waals surface area contributed by atoms with Gasteiger partial charge in [-0.25, -0.2) is 4.68 Å². The first-order valence-electron chi connectivity index (χ1n) is 14.1. The molecule has 2 N–H and O–H groups in total. The van der Waals surface area contributed by atoms with E-state index in [1.54, 1.807) is 0 Å². The van der Waals surface area contributed by atoms with Gasteiger partial charge >= 0.3 is 0 Å². The Labute approximate surface area is 236 Å². The van der Waals surface area contributed by atoms with Crippen LogP contribution < -0.4 is 10.6 Å². The molecule has 0 bridgehead atoms. The molecule has 40 heavy (non-hydrogen) atoms. The van der Waals surface area contributed by atoms with Crippen molar-refractivity contribution in [3.05, 3.63) is 127 Å². The highest BCUT2D eigenvalue weighted by Gasteiger charge is 2.22. The molecule has 0 saturated carbocycles. The first kappa shape index (κ1) is 25.8. The van der Waals surface area contributed by atoms with Crippen LogP contribution in [0.4, 0.5) is 11.4 Å². The van der Waals surface area contributed by atoms with E-state index in [4.69, 9.17) is 5.73 Å². The summed E-state index contributed by atoms with van der Waals surface area (Å²) in [6.07, 6.45) is 3.60. The molecular weight excluding hydrogens is 492 g/mol. The summed E-state index contributed by atoms with van der Waals surface area (Å²) in [5, 5.41) is 8.65. The van der Waals surface area contributed by atoms with E-state index in [0.29, 0.717) is 6.54 Å². The average Bonchev–Trinajstić information content (AvgIpc) is 3.42. The van der Waals surface area contributed by atoms with Crippen molar-refractivity contribution in [1.82, 2.24) is 19.9 Å². The number of rotatable bonds is 9. The minimum absolute atomic E-state index is 0.690. The Balaban J connectivity index is 1.14. The van der Waals surface area contributed by atoms with Gasteiger partial charge in [0.15, 0.2) is 0 Å². The van der Waals surface area contributed by atoms with Crippen molar-refractivity contribution in [2.75, 3.05) is 30.3 Å². The Morgan fingerprint density at radius 2 is 1.52 bits per heavy atom. The lowest BCUT2D eigenvalue weighted by Crippen LogP contribution is -2.38. The number of nitrogen functional groups attached to an aromatic ring is 1. The summed E-state index contributed by atoms with van der Waals surface area (Å²) in [6.45, 7) is 8.25. The molecule has 6 heteroatoms. The van der Waals surface area contributed by atoms with Crippen molar-refractivity contribution in [1.29, 1.82) is 0 Å². The zero-order valence-electron chi connectivity index (χ0n) is 22.9. The molecule has 202 valence electrons. The predicted octanol–water partition coefficient (Wildman–Crippen LogP) is 6.48. The third kappa shape index (κ3) is 5.77. The quantitative estimate of drug-likeness (QED) is 0.222. The number of hydrogen-bond acceptors (Lipinski definition) is 5. The molecule has 1 aromatic heterocycles. The minimum atomic E-state index is 0.690. The highest BCUT2D eigenvalue weighted by molar-refractivity contribution is 5.76. The van der Waals surface area contributed by atoms with Crippen LogP contribution in [0.2, 0.25) is 0 Å². The van der Waals surface area contributed by atoms with Crippen LogP contribution in [-0.2, 0) is 13.0 Å². The normalized spacial score (nSPS) is 14.4. The fourth-order valence-corrected chi connectivity index (χ4v) is 5.73. The summed E-state index contributed by atoms with van der Waals surface area (Å²) in [7, 11) is 0. The Morgan fingerprint density at radius 1 is 0.825 bits per heavy atom. The highest BCUT2D eigenvalue weighted by Crippen LogP contribution is 2.29. The topological polar surface area (TPSA) is 63.2 Å². The Kier molecular flexibility index (Phi) is 7.60. The molecule has 0 aliphatic carbocycles. The fourth-order valence-electron chi connectivity index (χ4n) is 5.73. The van der Waals surface area contributed by atoms with E-state index in [2.05, 4.69) is 87.4 Å². The zero-order chi connectivity index (χ0) is 27.3. The number of likely N-dealkylation sites (tertiary alicyclic amines) is 1. The van der Waals surface area contributed by atoms with Gasteiger partial charge in [0.2, 0.25) is 0 Å². The lowest BCUT2D eigenvalue weighted by atomic mass is 9.90. The number of fused-ring (bicyclic) bond motifs is 1. The number of nitrogens with zero attached hydrogens (tertiary/aromatic N) is 5. The van der Waals surface area contributed by atoms with E-state index in [-0.39, 0.29) is 0 Å². The lowest BCUT2D eigenvalue weighted by Gasteiger charge is -2.36. The van der Waals surface area contributed by atoms with Gasteiger partial charge in [-0.2, -0.15) is 0 Å². The van der Waals surface area contributed by atoms with Crippen LogP contribution in [-0.4, -0.2) is 39.5 Å². The third-order valence-electron chi connectivity index (χ3n) is 7.96. The minimum Gasteiger partial charge on any atom is -0.397 e. The largest absolute Gasteiger partial charge is 0.397 e. The van der Waals surface area contributed by atoms with Gasteiger partial charge in [-0.05, 0) is 85.8 Å². The van der Waals surface area contributed by atoms with Crippen molar-refractivity contribution in [3.63, 3.8) is 0 Å². The van der Waals surface area contributed by atoms with Crippen LogP contribution in [0.1, 0.15) is 24.0 Å². The smallest absolute Gasteiger partial charge is 0.113 e. The van der Waals surface area contributed by atoms with Gasteiger partial charge in [-0.15, -0.1) is 5.10 Å². The van der Waals surface area contributed by atoms with E-state index in [9.17, 15) is 0 Å². The number of para-hydroxylation sites is 3. The lowest BCUT2D eigenvalue weighted by molar-refractivity contribution is 0.196. The molecule has 0 spiro atoms. The fraction of sp³-hybridized carbons (Fsp3) is 0.235. The van der Waals surface area contributed by atoms with Crippen LogP contribution in [0.5, 0.6) is 0 Å². The van der Waals surface area contributed by atoms with E-state index in [1.165, 1.54) is 30.4 Å². The summed E-state index contributed by atoms with van der Waals surface area (Å²) in [4.78, 5) is 4.81. The van der Waals surface area contributed by atoms with Crippen LogP contribution in [0.25, 0.3) is 16.7 Å². The van der Waals surface area contributed by atoms with Gasteiger partial charge in [-0.1, -0.05) is 78.5 Å². The van der Waals surface area contributed by atoms with E-state index >= 15 is 0 Å². The van der Waals surface area contributed by atoms with Gasteiger partial charge in [0.05, 0.1) is 22.6 Å². The zero-order valence-corrected chi connectivity index (χ0v) is 22.9. The first-order chi connectivity index (χ1) is 19.6. The molecule has 0 amide bonds. The van der Waals surface area contributed by atoms with Crippen LogP contribution in [0, 0.1) is 5.92 Å². The molecule has 6 nitrogen and oxygen atoms in total. The van der Waals surface area contributed by atoms with Crippen molar-refractivity contribution >= 4 is 22.4 Å². The van der Waals surface area contributed by atoms with Gasteiger partial charge in [-0.3, -0.25) is 4.90 Å². The molecule has 1 aliphatic heterocycles.